The van der Waals surface area contributed by atoms with E-state index in [2.05, 4.69) is 0 Å². The van der Waals surface area contributed by atoms with Gasteiger partial charge in [0.25, 0.3) is 0 Å². The topological polar surface area (TPSA) is 72.7 Å². The van der Waals surface area contributed by atoms with E-state index >= 15 is 0 Å². The fourth-order valence-corrected chi connectivity index (χ4v) is 0.274. The molecule has 0 aliphatic rings. The summed E-state index contributed by atoms with van der Waals surface area (Å²) in [5.74, 6) is 0. The van der Waals surface area contributed by atoms with Crippen LogP contribution in [0.1, 0.15) is 13.3 Å². The largest absolute Gasteiger partial charge is 0.396 e. The van der Waals surface area contributed by atoms with Crippen molar-refractivity contribution >= 4 is 0 Å². The Balaban J connectivity index is 3.37. The molecule has 4 nitrogen and oxygen atoms in total. The maximum absolute atomic E-state index is 8.80. The minimum absolute atomic E-state index is 0.115. The number of rotatable bonds is 3. The first-order valence-electron chi connectivity index (χ1n) is 2.37. The SMILES string of the molecule is CC(O)(CCO)NO. The van der Waals surface area contributed by atoms with Crippen LogP contribution >= 0.6 is 0 Å². The highest BCUT2D eigenvalue weighted by Gasteiger charge is 2.16. The third kappa shape index (κ3) is 2.92. The summed E-state index contributed by atoms with van der Waals surface area (Å²) in [6.07, 6.45) is 0.115. The number of aliphatic hydroxyl groups is 2. The molecule has 4 heteroatoms. The van der Waals surface area contributed by atoms with Crippen LogP contribution in [-0.2, 0) is 0 Å². The van der Waals surface area contributed by atoms with Gasteiger partial charge in [-0.15, -0.1) is 0 Å². The van der Waals surface area contributed by atoms with Crippen molar-refractivity contribution in [2.45, 2.75) is 19.1 Å². The molecule has 0 aromatic rings. The molecule has 1 unspecified atom stereocenters. The van der Waals surface area contributed by atoms with E-state index in [0.29, 0.717) is 0 Å². The molecular weight excluding hydrogens is 110 g/mol. The average molecular weight is 121 g/mol. The van der Waals surface area contributed by atoms with Gasteiger partial charge in [0, 0.05) is 13.0 Å². The van der Waals surface area contributed by atoms with Crippen LogP contribution in [0.5, 0.6) is 0 Å². The summed E-state index contributed by atoms with van der Waals surface area (Å²) in [4.78, 5) is 0. The van der Waals surface area contributed by atoms with Crippen LogP contribution in [0, 0.1) is 0 Å². The molecular formula is C4H11NO3. The minimum Gasteiger partial charge on any atom is -0.396 e. The van der Waals surface area contributed by atoms with Crippen molar-refractivity contribution < 1.29 is 15.4 Å². The molecule has 0 aliphatic carbocycles. The highest BCUT2D eigenvalue weighted by Crippen LogP contribution is 2.00. The summed E-state index contributed by atoms with van der Waals surface area (Å²) in [5, 5.41) is 25.1. The van der Waals surface area contributed by atoms with Gasteiger partial charge in [-0.25, -0.2) is 0 Å². The molecule has 8 heavy (non-hydrogen) atoms. The van der Waals surface area contributed by atoms with E-state index in [1.807, 2.05) is 0 Å². The van der Waals surface area contributed by atoms with Gasteiger partial charge in [0.05, 0.1) is 0 Å². The van der Waals surface area contributed by atoms with Crippen molar-refractivity contribution in [3.05, 3.63) is 0 Å². The first kappa shape index (κ1) is 7.84. The summed E-state index contributed by atoms with van der Waals surface area (Å²) in [7, 11) is 0. The van der Waals surface area contributed by atoms with E-state index in [9.17, 15) is 0 Å². The predicted octanol–water partition coefficient (Wildman–Crippen LogP) is -0.944. The molecule has 0 rings (SSSR count). The lowest BCUT2D eigenvalue weighted by molar-refractivity contribution is -0.0912. The van der Waals surface area contributed by atoms with E-state index in [1.54, 1.807) is 5.48 Å². The third-order valence-corrected chi connectivity index (χ3v) is 0.839. The maximum Gasteiger partial charge on any atom is 0.137 e. The van der Waals surface area contributed by atoms with Crippen molar-refractivity contribution in [2.75, 3.05) is 6.61 Å². The zero-order valence-corrected chi connectivity index (χ0v) is 4.76. The Hall–Kier alpha value is -0.160. The number of nitrogens with one attached hydrogen (secondary N) is 1. The molecule has 0 spiro atoms. The van der Waals surface area contributed by atoms with Crippen molar-refractivity contribution in [1.29, 1.82) is 0 Å². The lowest BCUT2D eigenvalue weighted by Crippen LogP contribution is -2.40. The van der Waals surface area contributed by atoms with Gasteiger partial charge in [-0.2, -0.15) is 5.48 Å². The van der Waals surface area contributed by atoms with Crippen molar-refractivity contribution in [3.63, 3.8) is 0 Å². The molecule has 1 atom stereocenters. The van der Waals surface area contributed by atoms with E-state index in [0.717, 1.165) is 0 Å². The van der Waals surface area contributed by atoms with Crippen LogP contribution < -0.4 is 5.48 Å². The van der Waals surface area contributed by atoms with E-state index in [-0.39, 0.29) is 13.0 Å². The molecule has 50 valence electrons. The normalized spacial score (nSPS) is 18.0. The van der Waals surface area contributed by atoms with E-state index in [4.69, 9.17) is 15.4 Å². The molecule has 0 saturated heterocycles. The molecule has 0 bridgehead atoms. The Morgan fingerprint density at radius 3 is 2.25 bits per heavy atom. The smallest absolute Gasteiger partial charge is 0.137 e. The van der Waals surface area contributed by atoms with Gasteiger partial charge in [-0.05, 0) is 6.92 Å². The molecule has 0 saturated carbocycles. The standard InChI is InChI=1S/C4H11NO3/c1-4(7,5-8)2-3-6/h5-8H,2-3H2,1H3. The van der Waals surface area contributed by atoms with Gasteiger partial charge in [0.1, 0.15) is 5.72 Å². The molecule has 0 aromatic heterocycles. The highest BCUT2D eigenvalue weighted by atomic mass is 16.5. The second-order valence-electron chi connectivity index (χ2n) is 1.86. The second-order valence-corrected chi connectivity index (χ2v) is 1.86. The number of hydrogen-bond donors (Lipinski definition) is 4. The lowest BCUT2D eigenvalue weighted by Gasteiger charge is -2.18. The van der Waals surface area contributed by atoms with Crippen LogP contribution in [0.15, 0.2) is 0 Å². The Morgan fingerprint density at radius 2 is 2.12 bits per heavy atom. The Kier molecular flexibility index (Phi) is 2.93. The van der Waals surface area contributed by atoms with Crippen molar-refractivity contribution in [3.8, 4) is 0 Å². The number of hydroxylamine groups is 1. The monoisotopic (exact) mass is 121 g/mol. The Bertz CT molecular complexity index is 64.3. The quantitative estimate of drug-likeness (QED) is 0.287. The second kappa shape index (κ2) is 2.99. The van der Waals surface area contributed by atoms with Crippen LogP contribution in [0.4, 0.5) is 0 Å². The van der Waals surface area contributed by atoms with Gasteiger partial charge in [0.15, 0.2) is 0 Å². The predicted molar refractivity (Wildman–Crippen MR) is 27.2 cm³/mol. The first-order valence-corrected chi connectivity index (χ1v) is 2.37. The van der Waals surface area contributed by atoms with Gasteiger partial charge in [-0.1, -0.05) is 0 Å². The summed E-state index contributed by atoms with van der Waals surface area (Å²) in [6, 6.07) is 0. The van der Waals surface area contributed by atoms with Crippen LogP contribution in [-0.4, -0.2) is 27.8 Å². The van der Waals surface area contributed by atoms with E-state index in [1.165, 1.54) is 6.92 Å². The van der Waals surface area contributed by atoms with E-state index < -0.39 is 5.72 Å². The zero-order valence-electron chi connectivity index (χ0n) is 4.76. The lowest BCUT2D eigenvalue weighted by atomic mass is 10.2. The molecule has 0 aromatic carbocycles. The molecule has 0 aliphatic heterocycles. The third-order valence-electron chi connectivity index (χ3n) is 0.839. The Labute approximate surface area is 47.7 Å². The minimum atomic E-state index is -1.35. The van der Waals surface area contributed by atoms with Crippen molar-refractivity contribution in [1.82, 2.24) is 5.48 Å². The van der Waals surface area contributed by atoms with Crippen LogP contribution in [0.2, 0.25) is 0 Å². The highest BCUT2D eigenvalue weighted by molar-refractivity contribution is 4.61. The molecule has 0 heterocycles. The summed E-state index contributed by atoms with van der Waals surface area (Å²) >= 11 is 0. The van der Waals surface area contributed by atoms with Gasteiger partial charge < -0.3 is 15.4 Å². The average Bonchev–Trinajstić information content (AvgIpc) is 1.67. The van der Waals surface area contributed by atoms with Gasteiger partial charge in [0.2, 0.25) is 0 Å². The molecule has 0 fully saturated rings. The fraction of sp³-hybridized carbons (Fsp3) is 1.00. The van der Waals surface area contributed by atoms with Crippen LogP contribution in [0.25, 0.3) is 0 Å². The molecule has 4 N–H and O–H groups in total. The Morgan fingerprint density at radius 1 is 1.62 bits per heavy atom. The van der Waals surface area contributed by atoms with Crippen LogP contribution in [0.3, 0.4) is 0 Å². The fourth-order valence-electron chi connectivity index (χ4n) is 0.274. The molecule has 0 amide bonds. The number of aliphatic hydroxyl groups excluding tert-OH is 1. The molecule has 0 radical (unpaired) electrons. The first-order chi connectivity index (χ1) is 3.62. The zero-order chi connectivity index (χ0) is 6.62. The maximum atomic E-state index is 8.80. The number of hydrogen-bond acceptors (Lipinski definition) is 4. The summed E-state index contributed by atoms with van der Waals surface area (Å²) in [6.45, 7) is 1.21. The van der Waals surface area contributed by atoms with Gasteiger partial charge in [-0.3, -0.25) is 0 Å². The van der Waals surface area contributed by atoms with Gasteiger partial charge >= 0.3 is 0 Å². The van der Waals surface area contributed by atoms with Crippen molar-refractivity contribution in [2.24, 2.45) is 0 Å². The summed E-state index contributed by atoms with van der Waals surface area (Å²) in [5.41, 5.74) is 0.285. The summed E-state index contributed by atoms with van der Waals surface area (Å²) < 4.78 is 0.